The molecular formula is C11H22N2O2. The molecule has 2 unspecified atom stereocenters. The highest BCUT2D eigenvalue weighted by molar-refractivity contribution is 5.74. The van der Waals surface area contributed by atoms with E-state index in [0.29, 0.717) is 0 Å². The van der Waals surface area contributed by atoms with Crippen LogP contribution >= 0.6 is 0 Å². The topological polar surface area (TPSA) is 50.4 Å². The van der Waals surface area contributed by atoms with Crippen molar-refractivity contribution in [2.45, 2.75) is 51.7 Å². The van der Waals surface area contributed by atoms with Crippen LogP contribution in [0, 0.1) is 0 Å². The molecule has 15 heavy (non-hydrogen) atoms. The molecule has 4 nitrogen and oxygen atoms in total. The van der Waals surface area contributed by atoms with E-state index < -0.39 is 0 Å². The van der Waals surface area contributed by atoms with Gasteiger partial charge in [-0.05, 0) is 26.2 Å². The molecule has 1 saturated heterocycles. The number of hydrogen-bond donors (Lipinski definition) is 2. The fourth-order valence-corrected chi connectivity index (χ4v) is 1.73. The van der Waals surface area contributed by atoms with Crippen LogP contribution in [0.1, 0.15) is 39.5 Å². The molecule has 1 heterocycles. The molecule has 0 aromatic heterocycles. The average molecular weight is 214 g/mol. The molecule has 1 aliphatic heterocycles. The Morgan fingerprint density at radius 1 is 1.60 bits per heavy atom. The van der Waals surface area contributed by atoms with Crippen LogP contribution in [0.3, 0.4) is 0 Å². The molecule has 0 radical (unpaired) electrons. The second-order valence-electron chi connectivity index (χ2n) is 4.09. The predicted octanol–water partition coefficient (Wildman–Crippen LogP) is 1.65. The summed E-state index contributed by atoms with van der Waals surface area (Å²) >= 11 is 0. The van der Waals surface area contributed by atoms with Crippen molar-refractivity contribution in [3.05, 3.63) is 0 Å². The number of carbonyl (C=O) groups excluding carboxylic acids is 1. The van der Waals surface area contributed by atoms with E-state index >= 15 is 0 Å². The smallest absolute Gasteiger partial charge is 0.315 e. The number of hydrogen-bond acceptors (Lipinski definition) is 2. The first-order chi connectivity index (χ1) is 7.24. The minimum Gasteiger partial charge on any atom is -0.376 e. The fourth-order valence-electron chi connectivity index (χ4n) is 1.73. The maximum Gasteiger partial charge on any atom is 0.315 e. The standard InChI is InChI=1S/C11H22N2O2/c1-3-4-7-12-11(14)13-9(2)10-6-5-8-15-10/h9-10H,3-8H2,1-2H3,(H2,12,13,14). The highest BCUT2D eigenvalue weighted by atomic mass is 16.5. The second kappa shape index (κ2) is 6.67. The number of carbonyl (C=O) groups is 1. The summed E-state index contributed by atoms with van der Waals surface area (Å²) in [6, 6.07) is 0.0283. The summed E-state index contributed by atoms with van der Waals surface area (Å²) in [6.45, 7) is 5.68. The molecule has 1 aliphatic rings. The lowest BCUT2D eigenvalue weighted by Gasteiger charge is -2.20. The Morgan fingerprint density at radius 2 is 2.40 bits per heavy atom. The Bertz CT molecular complexity index is 191. The molecule has 4 heteroatoms. The first kappa shape index (κ1) is 12.3. The maximum absolute atomic E-state index is 11.4. The lowest BCUT2D eigenvalue weighted by atomic mass is 10.1. The monoisotopic (exact) mass is 214 g/mol. The van der Waals surface area contributed by atoms with Gasteiger partial charge in [-0.25, -0.2) is 4.79 Å². The molecule has 2 atom stereocenters. The van der Waals surface area contributed by atoms with Crippen molar-refractivity contribution in [1.82, 2.24) is 10.6 Å². The summed E-state index contributed by atoms with van der Waals surface area (Å²) < 4.78 is 5.50. The number of urea groups is 1. The van der Waals surface area contributed by atoms with Crippen molar-refractivity contribution in [1.29, 1.82) is 0 Å². The largest absolute Gasteiger partial charge is 0.376 e. The normalized spacial score (nSPS) is 22.4. The summed E-state index contributed by atoms with van der Waals surface area (Å²) in [5.74, 6) is 0. The molecule has 0 aliphatic carbocycles. The van der Waals surface area contributed by atoms with Crippen LogP contribution in [-0.2, 0) is 4.74 Å². The molecule has 0 aromatic carbocycles. The fraction of sp³-hybridized carbons (Fsp3) is 0.909. The first-order valence-corrected chi connectivity index (χ1v) is 5.90. The first-order valence-electron chi connectivity index (χ1n) is 5.90. The van der Waals surface area contributed by atoms with Crippen molar-refractivity contribution in [2.24, 2.45) is 0 Å². The minimum absolute atomic E-state index is 0.0774. The average Bonchev–Trinajstić information content (AvgIpc) is 2.70. The molecular weight excluding hydrogens is 192 g/mol. The minimum atomic E-state index is -0.0774. The van der Waals surface area contributed by atoms with Gasteiger partial charge in [0.05, 0.1) is 12.1 Å². The van der Waals surface area contributed by atoms with Gasteiger partial charge in [0.25, 0.3) is 0 Å². The number of nitrogens with one attached hydrogen (secondary N) is 2. The van der Waals surface area contributed by atoms with Crippen molar-refractivity contribution in [2.75, 3.05) is 13.2 Å². The number of unbranched alkanes of at least 4 members (excludes halogenated alkanes) is 1. The molecule has 0 bridgehead atoms. The van der Waals surface area contributed by atoms with Gasteiger partial charge in [0, 0.05) is 13.2 Å². The Balaban J connectivity index is 2.13. The second-order valence-corrected chi connectivity index (χ2v) is 4.09. The van der Waals surface area contributed by atoms with E-state index in [4.69, 9.17) is 4.74 Å². The Kier molecular flexibility index (Phi) is 5.47. The zero-order valence-electron chi connectivity index (χ0n) is 9.71. The van der Waals surface area contributed by atoms with Gasteiger partial charge in [-0.3, -0.25) is 0 Å². The quantitative estimate of drug-likeness (QED) is 0.684. The molecule has 0 spiro atoms. The van der Waals surface area contributed by atoms with Gasteiger partial charge in [0.1, 0.15) is 0 Å². The van der Waals surface area contributed by atoms with Gasteiger partial charge >= 0.3 is 6.03 Å². The van der Waals surface area contributed by atoms with Crippen LogP contribution in [0.15, 0.2) is 0 Å². The van der Waals surface area contributed by atoms with Gasteiger partial charge in [-0.2, -0.15) is 0 Å². The van der Waals surface area contributed by atoms with Gasteiger partial charge < -0.3 is 15.4 Å². The molecule has 2 amide bonds. The molecule has 1 fully saturated rings. The molecule has 0 aromatic rings. The van der Waals surface area contributed by atoms with E-state index in [2.05, 4.69) is 17.6 Å². The predicted molar refractivity (Wildman–Crippen MR) is 59.9 cm³/mol. The Labute approximate surface area is 91.8 Å². The molecule has 0 saturated carbocycles. The van der Waals surface area contributed by atoms with Crippen molar-refractivity contribution >= 4 is 6.03 Å². The van der Waals surface area contributed by atoms with E-state index in [-0.39, 0.29) is 18.2 Å². The third-order valence-electron chi connectivity index (χ3n) is 2.70. The lowest BCUT2D eigenvalue weighted by molar-refractivity contribution is 0.0860. The van der Waals surface area contributed by atoms with Crippen molar-refractivity contribution in [3.8, 4) is 0 Å². The van der Waals surface area contributed by atoms with E-state index in [0.717, 1.165) is 38.8 Å². The van der Waals surface area contributed by atoms with Crippen LogP contribution < -0.4 is 10.6 Å². The van der Waals surface area contributed by atoms with Gasteiger partial charge in [0.15, 0.2) is 0 Å². The summed E-state index contributed by atoms with van der Waals surface area (Å²) in [5, 5.41) is 5.74. The summed E-state index contributed by atoms with van der Waals surface area (Å²) in [7, 11) is 0. The zero-order chi connectivity index (χ0) is 11.1. The lowest BCUT2D eigenvalue weighted by Crippen LogP contribution is -2.46. The van der Waals surface area contributed by atoms with Crippen LogP contribution in [0.25, 0.3) is 0 Å². The van der Waals surface area contributed by atoms with E-state index in [1.165, 1.54) is 0 Å². The van der Waals surface area contributed by atoms with Gasteiger partial charge in [-0.15, -0.1) is 0 Å². The zero-order valence-corrected chi connectivity index (χ0v) is 9.71. The number of ether oxygens (including phenoxy) is 1. The van der Waals surface area contributed by atoms with Crippen molar-refractivity contribution in [3.63, 3.8) is 0 Å². The summed E-state index contributed by atoms with van der Waals surface area (Å²) in [6.07, 6.45) is 4.48. The third kappa shape index (κ3) is 4.51. The maximum atomic E-state index is 11.4. The van der Waals surface area contributed by atoms with Crippen molar-refractivity contribution < 1.29 is 9.53 Å². The SMILES string of the molecule is CCCCNC(=O)NC(C)C1CCCO1. The number of amides is 2. The number of rotatable bonds is 5. The summed E-state index contributed by atoms with van der Waals surface area (Å²) in [5.41, 5.74) is 0. The third-order valence-corrected chi connectivity index (χ3v) is 2.70. The summed E-state index contributed by atoms with van der Waals surface area (Å²) in [4.78, 5) is 11.4. The highest BCUT2D eigenvalue weighted by Gasteiger charge is 2.23. The Hall–Kier alpha value is -0.770. The molecule has 1 rings (SSSR count). The van der Waals surface area contributed by atoms with E-state index in [1.807, 2.05) is 6.92 Å². The van der Waals surface area contributed by atoms with E-state index in [9.17, 15) is 4.79 Å². The highest BCUT2D eigenvalue weighted by Crippen LogP contribution is 2.15. The van der Waals surface area contributed by atoms with Gasteiger partial charge in [0.2, 0.25) is 0 Å². The van der Waals surface area contributed by atoms with Gasteiger partial charge in [-0.1, -0.05) is 13.3 Å². The Morgan fingerprint density at radius 3 is 3.00 bits per heavy atom. The molecule has 88 valence electrons. The van der Waals surface area contributed by atoms with Crippen LogP contribution in [0.4, 0.5) is 4.79 Å². The molecule has 2 N–H and O–H groups in total. The van der Waals surface area contributed by atoms with Crippen LogP contribution in [0.5, 0.6) is 0 Å². The van der Waals surface area contributed by atoms with Crippen LogP contribution in [-0.4, -0.2) is 31.3 Å². The van der Waals surface area contributed by atoms with Crippen LogP contribution in [0.2, 0.25) is 0 Å². The van der Waals surface area contributed by atoms with E-state index in [1.54, 1.807) is 0 Å².